The Bertz CT molecular complexity index is 1640. The van der Waals surface area contributed by atoms with Gasteiger partial charge in [0.2, 0.25) is 0 Å². The van der Waals surface area contributed by atoms with Crippen LogP contribution in [-0.2, 0) is 13.6 Å². The van der Waals surface area contributed by atoms with E-state index < -0.39 is 0 Å². The third-order valence-electron chi connectivity index (χ3n) is 6.30. The normalized spacial score (nSPS) is 11.6. The number of hydrogen-bond acceptors (Lipinski definition) is 4. The van der Waals surface area contributed by atoms with Gasteiger partial charge in [-0.25, -0.2) is 13.9 Å². The van der Waals surface area contributed by atoms with Crippen molar-refractivity contribution < 1.29 is 9.90 Å². The summed E-state index contributed by atoms with van der Waals surface area (Å²) in [5.74, 6) is -0.144. The van der Waals surface area contributed by atoms with E-state index in [0.29, 0.717) is 16.6 Å². The van der Waals surface area contributed by atoms with Gasteiger partial charge in [-0.15, -0.1) is 5.10 Å². The number of amides is 1. The quantitative estimate of drug-likeness (QED) is 0.446. The number of phenols is 1. The van der Waals surface area contributed by atoms with Crippen LogP contribution in [0.4, 0.5) is 0 Å². The van der Waals surface area contributed by atoms with E-state index in [1.807, 2.05) is 56.7 Å². The number of rotatable bonds is 4. The SMILES string of the molecule is Cc1ccc2cc(C)c3nn(CCNC(=O)c4c(C)n(C)c5ccc(O)cc45)c(=O)n3c2c1. The third kappa shape index (κ3) is 3.26. The number of fused-ring (bicyclic) bond motifs is 4. The van der Waals surface area contributed by atoms with Crippen LogP contribution in [0.25, 0.3) is 27.5 Å². The lowest BCUT2D eigenvalue weighted by atomic mass is 10.1. The molecule has 5 aromatic rings. The highest BCUT2D eigenvalue weighted by molar-refractivity contribution is 6.08. The van der Waals surface area contributed by atoms with Gasteiger partial charge in [0.25, 0.3) is 5.91 Å². The molecule has 0 bridgehead atoms. The van der Waals surface area contributed by atoms with Gasteiger partial charge in [0.1, 0.15) is 5.75 Å². The van der Waals surface area contributed by atoms with Crippen LogP contribution in [-0.4, -0.2) is 36.3 Å². The molecule has 1 amide bonds. The maximum absolute atomic E-state index is 13.1. The summed E-state index contributed by atoms with van der Waals surface area (Å²) >= 11 is 0. The molecule has 2 N–H and O–H groups in total. The first-order valence-corrected chi connectivity index (χ1v) is 10.8. The van der Waals surface area contributed by atoms with Crippen LogP contribution in [0.5, 0.6) is 5.75 Å². The van der Waals surface area contributed by atoms with Gasteiger partial charge in [-0.1, -0.05) is 12.1 Å². The molecule has 2 aromatic carbocycles. The van der Waals surface area contributed by atoms with Gasteiger partial charge in [0.15, 0.2) is 5.65 Å². The second-order valence-electron chi connectivity index (χ2n) is 8.53. The van der Waals surface area contributed by atoms with Gasteiger partial charge in [0.05, 0.1) is 17.6 Å². The summed E-state index contributed by atoms with van der Waals surface area (Å²) in [5.41, 5.74) is 5.37. The first-order chi connectivity index (χ1) is 15.8. The first kappa shape index (κ1) is 20.8. The number of carbonyl (C=O) groups excluding carboxylic acids is 1. The molecule has 3 heterocycles. The molecule has 0 spiro atoms. The van der Waals surface area contributed by atoms with Crippen molar-refractivity contribution in [2.45, 2.75) is 27.3 Å². The molecule has 0 aliphatic rings. The molecular weight excluding hydrogens is 418 g/mol. The van der Waals surface area contributed by atoms with Gasteiger partial charge in [-0.05, 0) is 67.6 Å². The Hall–Kier alpha value is -4.07. The highest BCUT2D eigenvalue weighted by Crippen LogP contribution is 2.28. The fourth-order valence-corrected chi connectivity index (χ4v) is 4.50. The lowest BCUT2D eigenvalue weighted by Gasteiger charge is -2.06. The number of carbonyl (C=O) groups is 1. The van der Waals surface area contributed by atoms with Crippen molar-refractivity contribution in [3.63, 3.8) is 0 Å². The van der Waals surface area contributed by atoms with Crippen molar-refractivity contribution in [3.8, 4) is 5.75 Å². The van der Waals surface area contributed by atoms with Gasteiger partial charge < -0.3 is 15.0 Å². The molecule has 0 fully saturated rings. The summed E-state index contributed by atoms with van der Waals surface area (Å²) < 4.78 is 4.95. The van der Waals surface area contributed by atoms with Crippen molar-refractivity contribution in [1.82, 2.24) is 24.1 Å². The predicted octanol–water partition coefficient (Wildman–Crippen LogP) is 3.20. The van der Waals surface area contributed by atoms with Gasteiger partial charge >= 0.3 is 5.69 Å². The molecule has 33 heavy (non-hydrogen) atoms. The van der Waals surface area contributed by atoms with Crippen LogP contribution in [0.3, 0.4) is 0 Å². The van der Waals surface area contributed by atoms with Crippen LogP contribution < -0.4 is 11.0 Å². The van der Waals surface area contributed by atoms with Crippen LogP contribution in [0.1, 0.15) is 27.2 Å². The number of aromatic nitrogens is 4. The van der Waals surface area contributed by atoms with E-state index in [2.05, 4.69) is 10.4 Å². The van der Waals surface area contributed by atoms with Gasteiger partial charge in [0, 0.05) is 30.2 Å². The summed E-state index contributed by atoms with van der Waals surface area (Å²) in [5, 5.41) is 19.0. The van der Waals surface area contributed by atoms with E-state index in [1.54, 1.807) is 22.6 Å². The minimum atomic E-state index is -0.252. The molecule has 0 unspecified atom stereocenters. The monoisotopic (exact) mass is 443 g/mol. The number of benzene rings is 2. The Morgan fingerprint density at radius 3 is 2.64 bits per heavy atom. The molecule has 0 atom stereocenters. The number of nitrogens with one attached hydrogen (secondary N) is 1. The number of aromatic hydroxyl groups is 1. The van der Waals surface area contributed by atoms with Crippen LogP contribution >= 0.6 is 0 Å². The molecule has 5 rings (SSSR count). The van der Waals surface area contributed by atoms with Crippen molar-refractivity contribution >= 4 is 33.4 Å². The molecule has 3 aromatic heterocycles. The number of aryl methyl sites for hydroxylation is 3. The van der Waals surface area contributed by atoms with Crippen molar-refractivity contribution in [2.24, 2.45) is 7.05 Å². The van der Waals surface area contributed by atoms with Gasteiger partial charge in [-0.3, -0.25) is 4.79 Å². The van der Waals surface area contributed by atoms with Gasteiger partial charge in [-0.2, -0.15) is 0 Å². The highest BCUT2D eigenvalue weighted by Gasteiger charge is 2.19. The lowest BCUT2D eigenvalue weighted by molar-refractivity contribution is 0.0952. The summed E-state index contributed by atoms with van der Waals surface area (Å²) in [6.07, 6.45) is 0. The first-order valence-electron chi connectivity index (χ1n) is 10.8. The maximum Gasteiger partial charge on any atom is 0.350 e. The molecule has 0 aliphatic carbocycles. The van der Waals surface area contributed by atoms with E-state index in [0.717, 1.165) is 33.2 Å². The molecule has 8 heteroatoms. The van der Waals surface area contributed by atoms with E-state index >= 15 is 0 Å². The summed E-state index contributed by atoms with van der Waals surface area (Å²) in [4.78, 5) is 26.1. The summed E-state index contributed by atoms with van der Waals surface area (Å²) in [7, 11) is 1.89. The van der Waals surface area contributed by atoms with Crippen molar-refractivity contribution in [2.75, 3.05) is 6.54 Å². The van der Waals surface area contributed by atoms with Crippen molar-refractivity contribution in [3.05, 3.63) is 75.3 Å². The zero-order valence-electron chi connectivity index (χ0n) is 19.0. The second kappa shape index (κ2) is 7.51. The Kier molecular flexibility index (Phi) is 4.74. The molecule has 0 aliphatic heterocycles. The summed E-state index contributed by atoms with van der Waals surface area (Å²) in [6, 6.07) is 13.0. The zero-order chi connectivity index (χ0) is 23.4. The maximum atomic E-state index is 13.1. The van der Waals surface area contributed by atoms with Crippen molar-refractivity contribution in [1.29, 1.82) is 0 Å². The Labute approximate surface area is 189 Å². The minimum absolute atomic E-state index is 0.108. The predicted molar refractivity (Wildman–Crippen MR) is 128 cm³/mol. The van der Waals surface area contributed by atoms with E-state index in [-0.39, 0.29) is 30.4 Å². The van der Waals surface area contributed by atoms with Crippen LogP contribution in [0.15, 0.2) is 47.3 Å². The van der Waals surface area contributed by atoms with E-state index in [1.165, 1.54) is 4.68 Å². The zero-order valence-corrected chi connectivity index (χ0v) is 19.0. The largest absolute Gasteiger partial charge is 0.508 e. The molecule has 0 saturated carbocycles. The summed E-state index contributed by atoms with van der Waals surface area (Å²) in [6.45, 7) is 6.28. The number of pyridine rings is 1. The molecule has 168 valence electrons. The molecular formula is C25H25N5O3. The average molecular weight is 444 g/mol. The molecule has 0 saturated heterocycles. The topological polar surface area (TPSA) is 93.6 Å². The Balaban J connectivity index is 1.44. The highest BCUT2D eigenvalue weighted by atomic mass is 16.3. The Morgan fingerprint density at radius 1 is 1.06 bits per heavy atom. The third-order valence-corrected chi connectivity index (χ3v) is 6.30. The van der Waals surface area contributed by atoms with Crippen LogP contribution in [0.2, 0.25) is 0 Å². The Morgan fingerprint density at radius 2 is 1.85 bits per heavy atom. The molecule has 0 radical (unpaired) electrons. The molecule has 8 nitrogen and oxygen atoms in total. The fraction of sp³-hybridized carbons (Fsp3) is 0.240. The smallest absolute Gasteiger partial charge is 0.350 e. The number of phenolic OH excluding ortho intramolecular Hbond substituents is 1. The fourth-order valence-electron chi connectivity index (χ4n) is 4.50. The second-order valence-corrected chi connectivity index (χ2v) is 8.53. The van der Waals surface area contributed by atoms with E-state index in [9.17, 15) is 14.7 Å². The average Bonchev–Trinajstić information content (AvgIpc) is 3.23. The number of nitrogens with zero attached hydrogens (tertiary/aromatic N) is 4. The minimum Gasteiger partial charge on any atom is -0.508 e. The number of hydrogen-bond donors (Lipinski definition) is 2. The van der Waals surface area contributed by atoms with Crippen LogP contribution in [0, 0.1) is 20.8 Å². The lowest BCUT2D eigenvalue weighted by Crippen LogP contribution is -2.31. The van der Waals surface area contributed by atoms with E-state index in [4.69, 9.17) is 0 Å². The standard InChI is InChI=1S/C25H25N5O3/c1-14-5-6-17-12-15(2)23-27-29(25(33)30(23)21(17)11-14)10-9-26-24(32)22-16(3)28(4)20-8-7-18(31)13-19(20)22/h5-8,11-13,31H,9-10H2,1-4H3,(H,26,32).